The normalized spacial score (nSPS) is 11.5. The molecule has 6 nitrogen and oxygen atoms in total. The van der Waals surface area contributed by atoms with E-state index in [1.165, 1.54) is 12.1 Å². The number of aromatic nitrogens is 2. The minimum Gasteiger partial charge on any atom is -0.456 e. The second-order valence-electron chi connectivity index (χ2n) is 5.64. The zero-order valence-electron chi connectivity index (χ0n) is 14.0. The number of hydrogen-bond donors (Lipinski definition) is 1. The topological polar surface area (TPSA) is 79.2 Å². The highest BCUT2D eigenvalue weighted by Crippen LogP contribution is 2.33. The van der Waals surface area contributed by atoms with Gasteiger partial charge in [-0.15, -0.1) is 0 Å². The molecule has 0 atom stereocenters. The molecule has 12 heteroatoms. The van der Waals surface area contributed by atoms with Crippen LogP contribution in [0.2, 0.25) is 5.02 Å². The van der Waals surface area contributed by atoms with E-state index in [0.717, 1.165) is 18.2 Å². The molecular formula is C17H9ClF5N3O3. The molecule has 0 saturated heterocycles. The molecule has 0 unspecified atom stereocenters. The van der Waals surface area contributed by atoms with E-state index in [9.17, 15) is 31.5 Å². The molecule has 2 aromatic carbocycles. The van der Waals surface area contributed by atoms with Crippen LogP contribution in [0.5, 0.6) is 11.5 Å². The first-order valence-corrected chi connectivity index (χ1v) is 8.01. The van der Waals surface area contributed by atoms with Crippen LogP contribution in [-0.2, 0) is 6.18 Å². The molecule has 0 spiro atoms. The van der Waals surface area contributed by atoms with Gasteiger partial charge in [-0.3, -0.25) is 4.79 Å². The summed E-state index contributed by atoms with van der Waals surface area (Å²) in [6.07, 6.45) is -5.08. The number of nitrogens with zero attached hydrogens (tertiary/aromatic N) is 2. The maximum absolute atomic E-state index is 14.4. The second-order valence-corrected chi connectivity index (χ2v) is 6.05. The number of ether oxygens (including phenoxy) is 1. The molecule has 152 valence electrons. The largest absolute Gasteiger partial charge is 0.456 e. The van der Waals surface area contributed by atoms with Crippen molar-refractivity contribution in [2.75, 3.05) is 5.84 Å². The first-order valence-electron chi connectivity index (χ1n) is 7.63. The van der Waals surface area contributed by atoms with Crippen LogP contribution in [-0.4, -0.2) is 9.24 Å². The average molecular weight is 434 g/mol. The number of halogens is 6. The molecule has 0 bridgehead atoms. The van der Waals surface area contributed by atoms with Crippen molar-refractivity contribution in [1.29, 1.82) is 0 Å². The van der Waals surface area contributed by atoms with Gasteiger partial charge >= 0.3 is 11.9 Å². The van der Waals surface area contributed by atoms with E-state index < -0.39 is 40.4 Å². The molecular weight excluding hydrogens is 425 g/mol. The van der Waals surface area contributed by atoms with Gasteiger partial charge in [0.15, 0.2) is 5.69 Å². The van der Waals surface area contributed by atoms with Crippen LogP contribution in [0.4, 0.5) is 22.0 Å². The predicted octanol–water partition coefficient (Wildman–Crippen LogP) is 3.46. The molecule has 1 heterocycles. The smallest absolute Gasteiger partial charge is 0.433 e. The standard InChI is InChI=1S/C17H9ClF5N3O3/c18-10-5-11(20)12(6-13(10)29-9-3-1-8(19)2-4-9)25-15(27)7-14(17(21,22)23)26(24)16(25)28/h1-7H,24H2. The van der Waals surface area contributed by atoms with Crippen molar-refractivity contribution in [2.24, 2.45) is 0 Å². The molecule has 3 rings (SSSR count). The Morgan fingerprint density at radius 2 is 1.62 bits per heavy atom. The molecule has 0 aliphatic heterocycles. The van der Waals surface area contributed by atoms with Crippen LogP contribution in [0.3, 0.4) is 0 Å². The summed E-state index contributed by atoms with van der Waals surface area (Å²) in [5.41, 5.74) is -5.56. The monoisotopic (exact) mass is 433 g/mol. The lowest BCUT2D eigenvalue weighted by atomic mass is 10.2. The maximum atomic E-state index is 14.4. The fourth-order valence-electron chi connectivity index (χ4n) is 2.39. The highest BCUT2D eigenvalue weighted by molar-refractivity contribution is 6.32. The van der Waals surface area contributed by atoms with Gasteiger partial charge in [0, 0.05) is 12.1 Å². The lowest BCUT2D eigenvalue weighted by Crippen LogP contribution is -2.45. The van der Waals surface area contributed by atoms with E-state index in [1.54, 1.807) is 0 Å². The Morgan fingerprint density at radius 1 is 1.00 bits per heavy atom. The molecule has 0 aliphatic rings. The Morgan fingerprint density at radius 3 is 2.21 bits per heavy atom. The van der Waals surface area contributed by atoms with E-state index in [4.69, 9.17) is 22.2 Å². The molecule has 1 aromatic heterocycles. The molecule has 0 amide bonds. The van der Waals surface area contributed by atoms with Gasteiger partial charge in [-0.2, -0.15) is 13.2 Å². The van der Waals surface area contributed by atoms with Gasteiger partial charge in [0.25, 0.3) is 5.56 Å². The lowest BCUT2D eigenvalue weighted by molar-refractivity contribution is -0.143. The summed E-state index contributed by atoms with van der Waals surface area (Å²) in [5, 5.41) is -0.274. The average Bonchev–Trinajstić information content (AvgIpc) is 2.62. The van der Waals surface area contributed by atoms with Crippen LogP contribution in [0, 0.1) is 11.6 Å². The Balaban J connectivity index is 2.17. The van der Waals surface area contributed by atoms with Crippen LogP contribution in [0.25, 0.3) is 5.69 Å². The van der Waals surface area contributed by atoms with E-state index in [2.05, 4.69) is 0 Å². The lowest BCUT2D eigenvalue weighted by Gasteiger charge is -2.15. The minimum atomic E-state index is -5.08. The van der Waals surface area contributed by atoms with Gasteiger partial charge in [-0.1, -0.05) is 11.6 Å². The third kappa shape index (κ3) is 3.94. The van der Waals surface area contributed by atoms with Crippen molar-refractivity contribution >= 4 is 11.6 Å². The number of alkyl halides is 3. The number of nitrogen functional groups attached to an aromatic ring is 1. The molecule has 0 aliphatic carbocycles. The van der Waals surface area contributed by atoms with E-state index in [1.807, 2.05) is 0 Å². The summed E-state index contributed by atoms with van der Waals surface area (Å²) in [5.74, 6) is 3.23. The highest BCUT2D eigenvalue weighted by atomic mass is 35.5. The molecule has 29 heavy (non-hydrogen) atoms. The van der Waals surface area contributed by atoms with Gasteiger partial charge in [-0.25, -0.2) is 22.8 Å². The summed E-state index contributed by atoms with van der Waals surface area (Å²) < 4.78 is 71.2. The van der Waals surface area contributed by atoms with E-state index >= 15 is 0 Å². The van der Waals surface area contributed by atoms with Crippen LogP contribution >= 0.6 is 11.6 Å². The second kappa shape index (κ2) is 7.24. The number of rotatable bonds is 3. The van der Waals surface area contributed by atoms with Crippen molar-refractivity contribution in [1.82, 2.24) is 9.24 Å². The van der Waals surface area contributed by atoms with Crippen molar-refractivity contribution in [2.45, 2.75) is 6.18 Å². The predicted molar refractivity (Wildman–Crippen MR) is 92.9 cm³/mol. The Hall–Kier alpha value is -3.34. The van der Waals surface area contributed by atoms with Crippen LogP contribution < -0.4 is 21.8 Å². The molecule has 0 saturated carbocycles. The summed E-state index contributed by atoms with van der Waals surface area (Å²) in [4.78, 5) is 24.3. The molecule has 2 N–H and O–H groups in total. The zero-order chi connectivity index (χ0) is 21.5. The third-order valence-electron chi connectivity index (χ3n) is 3.71. The fourth-order valence-corrected chi connectivity index (χ4v) is 2.58. The summed E-state index contributed by atoms with van der Waals surface area (Å²) >= 11 is 5.88. The Labute approximate surface area is 163 Å². The van der Waals surface area contributed by atoms with Crippen LogP contribution in [0.1, 0.15) is 5.69 Å². The molecule has 0 fully saturated rings. The van der Waals surface area contributed by atoms with Crippen molar-refractivity contribution in [3.05, 3.63) is 85.7 Å². The fraction of sp³-hybridized carbons (Fsp3) is 0.0588. The zero-order valence-corrected chi connectivity index (χ0v) is 14.8. The van der Waals surface area contributed by atoms with Crippen LogP contribution in [0.15, 0.2) is 52.1 Å². The van der Waals surface area contributed by atoms with Gasteiger partial charge in [0.2, 0.25) is 0 Å². The first kappa shape index (κ1) is 20.4. The van der Waals surface area contributed by atoms with Gasteiger partial charge in [0.05, 0.1) is 10.7 Å². The molecule has 0 radical (unpaired) electrons. The van der Waals surface area contributed by atoms with Gasteiger partial charge in [0.1, 0.15) is 23.1 Å². The van der Waals surface area contributed by atoms with Crippen molar-refractivity contribution in [3.63, 3.8) is 0 Å². The SMILES string of the molecule is Nn1c(C(F)(F)F)cc(=O)n(-c2cc(Oc3ccc(F)cc3)c(Cl)cc2F)c1=O. The molecule has 3 aromatic rings. The van der Waals surface area contributed by atoms with E-state index in [0.29, 0.717) is 6.07 Å². The Kier molecular flexibility index (Phi) is 5.09. The summed E-state index contributed by atoms with van der Waals surface area (Å²) in [6.45, 7) is 0. The minimum absolute atomic E-state index is 0.0515. The first-order chi connectivity index (χ1) is 13.5. The van der Waals surface area contributed by atoms with Gasteiger partial charge < -0.3 is 10.6 Å². The number of nitrogens with two attached hydrogens (primary N) is 1. The van der Waals surface area contributed by atoms with Crippen molar-refractivity contribution < 1.29 is 26.7 Å². The number of benzene rings is 2. The van der Waals surface area contributed by atoms with E-state index in [-0.39, 0.29) is 31.8 Å². The summed E-state index contributed by atoms with van der Waals surface area (Å²) in [6, 6.07) is 6.17. The summed E-state index contributed by atoms with van der Waals surface area (Å²) in [7, 11) is 0. The Bertz CT molecular complexity index is 1200. The highest BCUT2D eigenvalue weighted by Gasteiger charge is 2.36. The van der Waals surface area contributed by atoms with Gasteiger partial charge in [-0.05, 0) is 30.3 Å². The third-order valence-corrected chi connectivity index (χ3v) is 4.01. The maximum Gasteiger partial charge on any atom is 0.433 e. The van der Waals surface area contributed by atoms with Crippen molar-refractivity contribution in [3.8, 4) is 17.2 Å². The number of hydrogen-bond acceptors (Lipinski definition) is 4. The quantitative estimate of drug-likeness (QED) is 0.507.